The maximum atomic E-state index is 11.5. The Morgan fingerprint density at radius 3 is 2.17 bits per heavy atom. The molecule has 0 amide bonds. The van der Waals surface area contributed by atoms with Gasteiger partial charge in [-0.3, -0.25) is 0 Å². The Balaban J connectivity index is 2.74. The number of benzene rings is 2. The molecule has 0 aliphatic carbocycles. The molecule has 5 nitrogen and oxygen atoms in total. The van der Waals surface area contributed by atoms with Crippen molar-refractivity contribution in [2.24, 2.45) is 5.14 Å². The van der Waals surface area contributed by atoms with E-state index in [-0.39, 0.29) is 4.90 Å². The third-order valence-electron chi connectivity index (χ3n) is 2.51. The van der Waals surface area contributed by atoms with Gasteiger partial charge >= 0.3 is 0 Å². The standard InChI is InChI=1S/C12H13N3O2S/c13-9-3-1-2-8(6-9)11-7-10(14)4-5-12(11)18(15,16)17/h1-7H,13-14H2,(H2,15,16,17). The second-order valence-corrected chi connectivity index (χ2v) is 5.46. The highest BCUT2D eigenvalue weighted by Crippen LogP contribution is 2.29. The largest absolute Gasteiger partial charge is 0.399 e. The Morgan fingerprint density at radius 1 is 0.889 bits per heavy atom. The van der Waals surface area contributed by atoms with Gasteiger partial charge < -0.3 is 11.5 Å². The normalized spacial score (nSPS) is 11.4. The molecule has 94 valence electrons. The fourth-order valence-electron chi connectivity index (χ4n) is 1.73. The van der Waals surface area contributed by atoms with Gasteiger partial charge in [-0.2, -0.15) is 0 Å². The van der Waals surface area contributed by atoms with Crippen LogP contribution >= 0.6 is 0 Å². The summed E-state index contributed by atoms with van der Waals surface area (Å²) in [6.07, 6.45) is 0. The van der Waals surface area contributed by atoms with Crippen LogP contribution in [0.25, 0.3) is 11.1 Å². The van der Waals surface area contributed by atoms with E-state index in [2.05, 4.69) is 0 Å². The maximum absolute atomic E-state index is 11.5. The third-order valence-corrected chi connectivity index (χ3v) is 3.48. The molecule has 6 heteroatoms. The first-order chi connectivity index (χ1) is 8.38. The summed E-state index contributed by atoms with van der Waals surface area (Å²) < 4.78 is 23.1. The molecule has 0 saturated carbocycles. The number of sulfonamides is 1. The maximum Gasteiger partial charge on any atom is 0.238 e. The highest BCUT2D eigenvalue weighted by molar-refractivity contribution is 7.89. The predicted octanol–water partition coefficient (Wildman–Crippen LogP) is 1.17. The second-order valence-electron chi connectivity index (χ2n) is 3.93. The van der Waals surface area contributed by atoms with Gasteiger partial charge in [0, 0.05) is 16.9 Å². The minimum absolute atomic E-state index is 0.0299. The van der Waals surface area contributed by atoms with E-state index in [0.717, 1.165) is 0 Å². The van der Waals surface area contributed by atoms with Gasteiger partial charge in [0.25, 0.3) is 0 Å². The number of hydrogen-bond donors (Lipinski definition) is 3. The van der Waals surface area contributed by atoms with E-state index in [1.54, 1.807) is 30.3 Å². The fraction of sp³-hybridized carbons (Fsp3) is 0. The van der Waals surface area contributed by atoms with Gasteiger partial charge in [-0.25, -0.2) is 13.6 Å². The van der Waals surface area contributed by atoms with Crippen molar-refractivity contribution in [2.45, 2.75) is 4.90 Å². The van der Waals surface area contributed by atoms with Crippen LogP contribution in [-0.4, -0.2) is 8.42 Å². The van der Waals surface area contributed by atoms with Crippen LogP contribution < -0.4 is 16.6 Å². The number of primary sulfonamides is 1. The molecule has 0 spiro atoms. The van der Waals surface area contributed by atoms with Crippen LogP contribution in [0.2, 0.25) is 0 Å². The van der Waals surface area contributed by atoms with E-state index >= 15 is 0 Å². The first-order valence-corrected chi connectivity index (χ1v) is 6.71. The Bertz CT molecular complexity index is 696. The molecular formula is C12H13N3O2S. The molecule has 2 aromatic carbocycles. The zero-order chi connectivity index (χ0) is 13.3. The Labute approximate surface area is 105 Å². The number of anilines is 2. The van der Waals surface area contributed by atoms with E-state index in [4.69, 9.17) is 16.6 Å². The SMILES string of the molecule is Nc1cccc(-c2cc(N)ccc2S(N)(=O)=O)c1. The molecule has 0 radical (unpaired) electrons. The van der Waals surface area contributed by atoms with Crippen LogP contribution in [0.4, 0.5) is 11.4 Å². The van der Waals surface area contributed by atoms with E-state index in [1.807, 2.05) is 0 Å². The molecule has 0 saturated heterocycles. The van der Waals surface area contributed by atoms with Gasteiger partial charge in [0.2, 0.25) is 10.0 Å². The molecule has 18 heavy (non-hydrogen) atoms. The third kappa shape index (κ3) is 2.44. The van der Waals surface area contributed by atoms with Gasteiger partial charge in [0.15, 0.2) is 0 Å². The molecule has 0 bridgehead atoms. The van der Waals surface area contributed by atoms with Crippen molar-refractivity contribution in [3.8, 4) is 11.1 Å². The zero-order valence-electron chi connectivity index (χ0n) is 9.50. The molecule has 0 fully saturated rings. The molecule has 0 heterocycles. The molecule has 0 aliphatic rings. The molecule has 0 atom stereocenters. The Kier molecular flexibility index (Phi) is 2.98. The summed E-state index contributed by atoms with van der Waals surface area (Å²) in [4.78, 5) is 0.0299. The van der Waals surface area contributed by atoms with Crippen LogP contribution in [0.15, 0.2) is 47.4 Å². The van der Waals surface area contributed by atoms with Crippen molar-refractivity contribution in [3.05, 3.63) is 42.5 Å². The molecule has 0 unspecified atom stereocenters. The van der Waals surface area contributed by atoms with Crippen LogP contribution in [0, 0.1) is 0 Å². The van der Waals surface area contributed by atoms with E-state index in [9.17, 15) is 8.42 Å². The minimum Gasteiger partial charge on any atom is -0.399 e. The summed E-state index contributed by atoms with van der Waals surface area (Å²) in [5.41, 5.74) is 13.5. The minimum atomic E-state index is -3.81. The number of hydrogen-bond acceptors (Lipinski definition) is 4. The Morgan fingerprint density at radius 2 is 1.56 bits per heavy atom. The summed E-state index contributed by atoms with van der Waals surface area (Å²) >= 11 is 0. The lowest BCUT2D eigenvalue weighted by Gasteiger charge is -2.09. The van der Waals surface area contributed by atoms with E-state index in [0.29, 0.717) is 22.5 Å². The summed E-state index contributed by atoms with van der Waals surface area (Å²) in [6, 6.07) is 11.3. The average molecular weight is 263 g/mol. The Hall–Kier alpha value is -2.05. The van der Waals surface area contributed by atoms with Gasteiger partial charge in [0.1, 0.15) is 0 Å². The number of nitrogen functional groups attached to an aromatic ring is 2. The summed E-state index contributed by atoms with van der Waals surface area (Å²) in [7, 11) is -3.81. The van der Waals surface area contributed by atoms with Crippen molar-refractivity contribution in [1.29, 1.82) is 0 Å². The predicted molar refractivity (Wildman–Crippen MR) is 72.1 cm³/mol. The lowest BCUT2D eigenvalue weighted by atomic mass is 10.0. The molecule has 0 aliphatic heterocycles. The lowest BCUT2D eigenvalue weighted by Crippen LogP contribution is -2.13. The van der Waals surface area contributed by atoms with E-state index in [1.165, 1.54) is 12.1 Å². The molecule has 6 N–H and O–H groups in total. The lowest BCUT2D eigenvalue weighted by molar-refractivity contribution is 0.598. The highest BCUT2D eigenvalue weighted by atomic mass is 32.2. The molecule has 2 rings (SSSR count). The van der Waals surface area contributed by atoms with Crippen molar-refractivity contribution < 1.29 is 8.42 Å². The van der Waals surface area contributed by atoms with Crippen molar-refractivity contribution in [2.75, 3.05) is 11.5 Å². The smallest absolute Gasteiger partial charge is 0.238 e. The first kappa shape index (κ1) is 12.4. The fourth-order valence-corrected chi connectivity index (χ4v) is 2.47. The topological polar surface area (TPSA) is 112 Å². The van der Waals surface area contributed by atoms with Gasteiger partial charge in [0.05, 0.1) is 4.90 Å². The summed E-state index contributed by atoms with van der Waals surface area (Å²) in [5.74, 6) is 0. The molecular weight excluding hydrogens is 250 g/mol. The number of rotatable bonds is 2. The van der Waals surface area contributed by atoms with Gasteiger partial charge in [-0.15, -0.1) is 0 Å². The van der Waals surface area contributed by atoms with Crippen LogP contribution in [0.1, 0.15) is 0 Å². The second kappa shape index (κ2) is 4.32. The van der Waals surface area contributed by atoms with Crippen molar-refractivity contribution in [1.82, 2.24) is 0 Å². The van der Waals surface area contributed by atoms with Crippen LogP contribution in [0.3, 0.4) is 0 Å². The average Bonchev–Trinajstić information content (AvgIpc) is 2.27. The first-order valence-electron chi connectivity index (χ1n) is 5.16. The summed E-state index contributed by atoms with van der Waals surface area (Å²) in [5, 5.41) is 5.18. The van der Waals surface area contributed by atoms with Crippen molar-refractivity contribution >= 4 is 21.4 Å². The monoisotopic (exact) mass is 263 g/mol. The van der Waals surface area contributed by atoms with E-state index < -0.39 is 10.0 Å². The van der Waals surface area contributed by atoms with Gasteiger partial charge in [-0.05, 0) is 35.9 Å². The van der Waals surface area contributed by atoms with Crippen molar-refractivity contribution in [3.63, 3.8) is 0 Å². The summed E-state index contributed by atoms with van der Waals surface area (Å²) in [6.45, 7) is 0. The zero-order valence-corrected chi connectivity index (χ0v) is 10.3. The van der Waals surface area contributed by atoms with Gasteiger partial charge in [-0.1, -0.05) is 12.1 Å². The van der Waals surface area contributed by atoms with Crippen LogP contribution in [-0.2, 0) is 10.0 Å². The molecule has 0 aromatic heterocycles. The van der Waals surface area contributed by atoms with Crippen LogP contribution in [0.5, 0.6) is 0 Å². The number of nitrogens with two attached hydrogens (primary N) is 3. The molecule has 2 aromatic rings. The quantitative estimate of drug-likeness (QED) is 0.706. The highest BCUT2D eigenvalue weighted by Gasteiger charge is 2.15.